The Labute approximate surface area is 205 Å². The SMILES string of the molecule is CCOc1ccc(CC(=O)Nc2ncc(-c3ccc(CCO)cc3)nc2Cc2ccccc2)cc1. The third-order valence-corrected chi connectivity index (χ3v) is 5.57. The lowest BCUT2D eigenvalue weighted by molar-refractivity contribution is -0.115. The molecule has 4 rings (SSSR count). The molecule has 0 spiro atoms. The van der Waals surface area contributed by atoms with Crippen LogP contribution in [-0.2, 0) is 24.1 Å². The van der Waals surface area contributed by atoms with E-state index in [-0.39, 0.29) is 18.9 Å². The molecule has 2 N–H and O–H groups in total. The Morgan fingerprint density at radius 2 is 1.63 bits per heavy atom. The summed E-state index contributed by atoms with van der Waals surface area (Å²) in [6, 6.07) is 25.4. The summed E-state index contributed by atoms with van der Waals surface area (Å²) in [6.07, 6.45) is 3.07. The quantitative estimate of drug-likeness (QED) is 0.348. The predicted octanol–water partition coefficient (Wildman–Crippen LogP) is 4.85. The van der Waals surface area contributed by atoms with Crippen LogP contribution < -0.4 is 10.1 Å². The number of hydrogen-bond acceptors (Lipinski definition) is 5. The third kappa shape index (κ3) is 6.74. The van der Waals surface area contributed by atoms with Crippen molar-refractivity contribution in [3.8, 4) is 17.0 Å². The summed E-state index contributed by atoms with van der Waals surface area (Å²) in [5.41, 5.74) is 5.40. The smallest absolute Gasteiger partial charge is 0.229 e. The van der Waals surface area contributed by atoms with Gasteiger partial charge < -0.3 is 15.2 Å². The molecule has 0 radical (unpaired) electrons. The summed E-state index contributed by atoms with van der Waals surface area (Å²) in [6.45, 7) is 2.66. The second kappa shape index (κ2) is 11.9. The van der Waals surface area contributed by atoms with Gasteiger partial charge in [-0.2, -0.15) is 0 Å². The number of aliphatic hydroxyl groups is 1. The Hall–Kier alpha value is -4.03. The van der Waals surface area contributed by atoms with Crippen LogP contribution in [0.2, 0.25) is 0 Å². The standard InChI is InChI=1S/C29H29N3O3/c1-2-35-25-14-10-23(11-15-25)19-28(34)32-29-26(18-22-6-4-3-5-7-22)31-27(20-30-29)24-12-8-21(9-13-24)16-17-33/h3-15,20,33H,2,16-19H2,1H3,(H,30,32,34). The average Bonchev–Trinajstić information content (AvgIpc) is 2.88. The maximum Gasteiger partial charge on any atom is 0.229 e. The van der Waals surface area contributed by atoms with E-state index in [9.17, 15) is 4.79 Å². The molecule has 0 aliphatic heterocycles. The van der Waals surface area contributed by atoms with Crippen LogP contribution in [0, 0.1) is 0 Å². The Kier molecular flexibility index (Phi) is 8.20. The maximum absolute atomic E-state index is 12.8. The van der Waals surface area contributed by atoms with E-state index in [1.165, 1.54) is 0 Å². The van der Waals surface area contributed by atoms with Crippen molar-refractivity contribution in [3.05, 3.63) is 107 Å². The van der Waals surface area contributed by atoms with Crippen LogP contribution in [0.25, 0.3) is 11.3 Å². The highest BCUT2D eigenvalue weighted by Crippen LogP contribution is 2.23. The van der Waals surface area contributed by atoms with Gasteiger partial charge in [-0.1, -0.05) is 66.7 Å². The number of nitrogens with one attached hydrogen (secondary N) is 1. The Morgan fingerprint density at radius 1 is 0.914 bits per heavy atom. The molecular weight excluding hydrogens is 438 g/mol. The van der Waals surface area contributed by atoms with E-state index >= 15 is 0 Å². The van der Waals surface area contributed by atoms with Crippen LogP contribution in [0.5, 0.6) is 5.75 Å². The van der Waals surface area contributed by atoms with Gasteiger partial charge in [-0.25, -0.2) is 9.97 Å². The van der Waals surface area contributed by atoms with Crippen LogP contribution in [-0.4, -0.2) is 34.2 Å². The van der Waals surface area contributed by atoms with Crippen molar-refractivity contribution >= 4 is 11.7 Å². The predicted molar refractivity (Wildman–Crippen MR) is 137 cm³/mol. The van der Waals surface area contributed by atoms with Gasteiger partial charge in [0.15, 0.2) is 5.82 Å². The molecule has 178 valence electrons. The van der Waals surface area contributed by atoms with Gasteiger partial charge in [-0.05, 0) is 42.2 Å². The molecule has 0 saturated heterocycles. The van der Waals surface area contributed by atoms with Crippen molar-refractivity contribution in [2.24, 2.45) is 0 Å². The van der Waals surface area contributed by atoms with E-state index in [0.29, 0.717) is 31.0 Å². The highest BCUT2D eigenvalue weighted by atomic mass is 16.5. The first kappa shape index (κ1) is 24.1. The summed E-state index contributed by atoms with van der Waals surface area (Å²) >= 11 is 0. The van der Waals surface area contributed by atoms with E-state index in [1.807, 2.05) is 85.8 Å². The van der Waals surface area contributed by atoms with Crippen molar-refractivity contribution in [2.45, 2.75) is 26.2 Å². The average molecular weight is 468 g/mol. The molecule has 1 aromatic heterocycles. The molecule has 1 heterocycles. The number of hydrogen-bond donors (Lipinski definition) is 2. The lowest BCUT2D eigenvalue weighted by Crippen LogP contribution is -2.17. The van der Waals surface area contributed by atoms with E-state index in [2.05, 4.69) is 10.3 Å². The molecule has 0 aliphatic rings. The number of benzene rings is 3. The Balaban J connectivity index is 1.55. The number of aromatic nitrogens is 2. The summed E-state index contributed by atoms with van der Waals surface area (Å²) in [5, 5.41) is 12.1. The van der Waals surface area contributed by atoms with Gasteiger partial charge in [0.1, 0.15) is 5.75 Å². The van der Waals surface area contributed by atoms with Crippen molar-refractivity contribution in [2.75, 3.05) is 18.5 Å². The molecule has 0 fully saturated rings. The molecule has 6 heteroatoms. The fraction of sp³-hybridized carbons (Fsp3) is 0.207. The molecule has 0 saturated carbocycles. The minimum atomic E-state index is -0.154. The van der Waals surface area contributed by atoms with Crippen LogP contribution in [0.3, 0.4) is 0 Å². The Bertz CT molecular complexity index is 1240. The Morgan fingerprint density at radius 3 is 2.31 bits per heavy atom. The van der Waals surface area contributed by atoms with Gasteiger partial charge in [0.2, 0.25) is 5.91 Å². The first-order valence-electron chi connectivity index (χ1n) is 11.8. The summed E-state index contributed by atoms with van der Waals surface area (Å²) in [5.74, 6) is 1.09. The highest BCUT2D eigenvalue weighted by Gasteiger charge is 2.14. The summed E-state index contributed by atoms with van der Waals surface area (Å²) < 4.78 is 5.47. The molecule has 0 unspecified atom stereocenters. The molecule has 35 heavy (non-hydrogen) atoms. The number of ether oxygens (including phenoxy) is 1. The van der Waals surface area contributed by atoms with Crippen molar-refractivity contribution in [3.63, 3.8) is 0 Å². The molecule has 4 aromatic rings. The molecular formula is C29H29N3O3. The monoisotopic (exact) mass is 467 g/mol. The van der Waals surface area contributed by atoms with Gasteiger partial charge in [0.05, 0.1) is 30.6 Å². The largest absolute Gasteiger partial charge is 0.494 e. The number of amides is 1. The van der Waals surface area contributed by atoms with Gasteiger partial charge in [-0.3, -0.25) is 4.79 Å². The summed E-state index contributed by atoms with van der Waals surface area (Å²) in [7, 11) is 0. The third-order valence-electron chi connectivity index (χ3n) is 5.57. The number of aliphatic hydroxyl groups excluding tert-OH is 1. The second-order valence-corrected chi connectivity index (χ2v) is 8.19. The first-order chi connectivity index (χ1) is 17.1. The molecule has 6 nitrogen and oxygen atoms in total. The van der Waals surface area contributed by atoms with Crippen molar-refractivity contribution in [1.82, 2.24) is 9.97 Å². The van der Waals surface area contributed by atoms with Crippen molar-refractivity contribution < 1.29 is 14.6 Å². The highest BCUT2D eigenvalue weighted by molar-refractivity contribution is 5.92. The number of nitrogens with zero attached hydrogens (tertiary/aromatic N) is 2. The fourth-order valence-electron chi connectivity index (χ4n) is 3.79. The molecule has 1 amide bonds. The van der Waals surface area contributed by atoms with Crippen LogP contribution in [0.4, 0.5) is 5.82 Å². The van der Waals surface area contributed by atoms with Gasteiger partial charge in [0, 0.05) is 18.6 Å². The van der Waals surface area contributed by atoms with Gasteiger partial charge >= 0.3 is 0 Å². The number of rotatable bonds is 10. The second-order valence-electron chi connectivity index (χ2n) is 8.19. The van der Waals surface area contributed by atoms with E-state index in [0.717, 1.165) is 33.7 Å². The minimum absolute atomic E-state index is 0.117. The maximum atomic E-state index is 12.8. The molecule has 0 atom stereocenters. The van der Waals surface area contributed by atoms with E-state index in [4.69, 9.17) is 14.8 Å². The van der Waals surface area contributed by atoms with E-state index in [1.54, 1.807) is 6.20 Å². The van der Waals surface area contributed by atoms with Crippen LogP contribution in [0.1, 0.15) is 29.3 Å². The zero-order valence-corrected chi connectivity index (χ0v) is 19.8. The minimum Gasteiger partial charge on any atom is -0.494 e. The van der Waals surface area contributed by atoms with E-state index < -0.39 is 0 Å². The number of carbonyl (C=O) groups is 1. The van der Waals surface area contributed by atoms with Gasteiger partial charge in [-0.15, -0.1) is 0 Å². The van der Waals surface area contributed by atoms with Crippen LogP contribution >= 0.6 is 0 Å². The first-order valence-corrected chi connectivity index (χ1v) is 11.8. The topological polar surface area (TPSA) is 84.3 Å². The summed E-state index contributed by atoms with van der Waals surface area (Å²) in [4.78, 5) is 22.3. The zero-order chi connectivity index (χ0) is 24.5. The fourth-order valence-corrected chi connectivity index (χ4v) is 3.79. The number of anilines is 1. The molecule has 0 aliphatic carbocycles. The zero-order valence-electron chi connectivity index (χ0n) is 19.8. The molecule has 0 bridgehead atoms. The molecule has 3 aromatic carbocycles. The normalized spacial score (nSPS) is 10.7. The van der Waals surface area contributed by atoms with Crippen molar-refractivity contribution in [1.29, 1.82) is 0 Å². The lowest BCUT2D eigenvalue weighted by Gasteiger charge is -2.12. The van der Waals surface area contributed by atoms with Crippen LogP contribution in [0.15, 0.2) is 85.1 Å². The van der Waals surface area contributed by atoms with Gasteiger partial charge in [0.25, 0.3) is 0 Å². The lowest BCUT2D eigenvalue weighted by atomic mass is 10.1. The number of carbonyl (C=O) groups excluding carboxylic acids is 1.